The number of hydrogen-bond acceptors (Lipinski definition) is 3. The van der Waals surface area contributed by atoms with Crippen molar-refractivity contribution in [1.29, 1.82) is 0 Å². The monoisotopic (exact) mass is 342 g/mol. The van der Waals surface area contributed by atoms with Gasteiger partial charge in [-0.2, -0.15) is 0 Å². The van der Waals surface area contributed by atoms with Crippen LogP contribution >= 0.6 is 0 Å². The molecular formula is C22H22N4. The minimum atomic E-state index is 0.980. The van der Waals surface area contributed by atoms with Crippen LogP contribution in [0, 0.1) is 0 Å². The van der Waals surface area contributed by atoms with Crippen molar-refractivity contribution in [3.8, 4) is 0 Å². The molecule has 0 spiro atoms. The topological polar surface area (TPSA) is 35.2 Å². The fraction of sp³-hybridized carbons (Fsp3) is 0.227. The summed E-state index contributed by atoms with van der Waals surface area (Å²) in [6.07, 6.45) is 0. The van der Waals surface area contributed by atoms with E-state index < -0.39 is 0 Å². The Kier molecular flexibility index (Phi) is 3.83. The van der Waals surface area contributed by atoms with Crippen LogP contribution in [0.15, 0.2) is 66.7 Å². The van der Waals surface area contributed by atoms with Crippen molar-refractivity contribution in [1.82, 2.24) is 14.9 Å². The van der Waals surface area contributed by atoms with Gasteiger partial charge in [-0.1, -0.05) is 36.4 Å². The van der Waals surface area contributed by atoms with Crippen LogP contribution in [0.25, 0.3) is 21.8 Å². The average molecular weight is 342 g/mol. The van der Waals surface area contributed by atoms with Crippen molar-refractivity contribution < 1.29 is 0 Å². The van der Waals surface area contributed by atoms with Crippen LogP contribution < -0.4 is 4.90 Å². The molecular weight excluding hydrogens is 320 g/mol. The lowest BCUT2D eigenvalue weighted by atomic mass is 10.2. The number of nitrogens with zero attached hydrogens (tertiary/aromatic N) is 3. The minimum Gasteiger partial charge on any atom is -0.357 e. The fourth-order valence-corrected chi connectivity index (χ4v) is 3.83. The van der Waals surface area contributed by atoms with Gasteiger partial charge in [-0.15, -0.1) is 0 Å². The number of para-hydroxylation sites is 2. The second-order valence-corrected chi connectivity index (χ2v) is 7.01. The van der Waals surface area contributed by atoms with Gasteiger partial charge in [0, 0.05) is 49.3 Å². The molecule has 4 nitrogen and oxygen atoms in total. The van der Waals surface area contributed by atoms with Gasteiger partial charge in [-0.05, 0) is 35.7 Å². The predicted octanol–water partition coefficient (Wildman–Crippen LogP) is 4.04. The van der Waals surface area contributed by atoms with E-state index in [0.717, 1.165) is 44.1 Å². The number of nitrogens with one attached hydrogen (secondary N) is 1. The number of hydrogen-bond donors (Lipinski definition) is 1. The summed E-state index contributed by atoms with van der Waals surface area (Å²) < 4.78 is 0. The van der Waals surface area contributed by atoms with Gasteiger partial charge in [0.05, 0.1) is 5.52 Å². The van der Waals surface area contributed by atoms with Crippen LogP contribution in [0.4, 0.5) is 5.82 Å². The van der Waals surface area contributed by atoms with E-state index >= 15 is 0 Å². The molecule has 0 unspecified atom stereocenters. The zero-order valence-corrected chi connectivity index (χ0v) is 14.7. The van der Waals surface area contributed by atoms with Crippen LogP contribution in [0.3, 0.4) is 0 Å². The molecule has 26 heavy (non-hydrogen) atoms. The summed E-state index contributed by atoms with van der Waals surface area (Å²) in [5.41, 5.74) is 3.59. The van der Waals surface area contributed by atoms with Crippen LogP contribution in [-0.4, -0.2) is 41.0 Å². The van der Waals surface area contributed by atoms with Crippen LogP contribution in [0.5, 0.6) is 0 Å². The molecule has 0 aliphatic carbocycles. The summed E-state index contributed by atoms with van der Waals surface area (Å²) in [4.78, 5) is 13.3. The lowest BCUT2D eigenvalue weighted by Crippen LogP contribution is -2.46. The third-order valence-electron chi connectivity index (χ3n) is 5.26. The Labute approximate surface area is 153 Å². The highest BCUT2D eigenvalue weighted by atomic mass is 15.3. The highest BCUT2D eigenvalue weighted by Gasteiger charge is 2.18. The highest BCUT2D eigenvalue weighted by molar-refractivity contribution is 5.80. The molecule has 2 aromatic heterocycles. The molecule has 4 aromatic rings. The van der Waals surface area contributed by atoms with Gasteiger partial charge >= 0.3 is 0 Å². The van der Waals surface area contributed by atoms with E-state index in [1.165, 1.54) is 22.0 Å². The zero-order valence-electron chi connectivity index (χ0n) is 14.7. The first-order chi connectivity index (χ1) is 12.8. The number of rotatable bonds is 3. The summed E-state index contributed by atoms with van der Waals surface area (Å²) in [5, 5.41) is 2.50. The van der Waals surface area contributed by atoms with Gasteiger partial charge in [0.25, 0.3) is 0 Å². The second kappa shape index (κ2) is 6.46. The Balaban J connectivity index is 1.26. The molecule has 4 heteroatoms. The first kappa shape index (κ1) is 15.4. The molecule has 1 N–H and O–H groups in total. The molecule has 0 amide bonds. The third-order valence-corrected chi connectivity index (χ3v) is 5.26. The van der Waals surface area contributed by atoms with Gasteiger partial charge < -0.3 is 9.88 Å². The highest BCUT2D eigenvalue weighted by Crippen LogP contribution is 2.20. The maximum Gasteiger partial charge on any atom is 0.129 e. The number of H-pyrrole nitrogens is 1. The number of pyridine rings is 1. The average Bonchev–Trinajstić information content (AvgIpc) is 3.10. The fourth-order valence-electron chi connectivity index (χ4n) is 3.83. The predicted molar refractivity (Wildman–Crippen MR) is 108 cm³/mol. The van der Waals surface area contributed by atoms with Crippen molar-refractivity contribution in [2.75, 3.05) is 31.1 Å². The summed E-state index contributed by atoms with van der Waals surface area (Å²) in [5.74, 6) is 1.09. The molecule has 130 valence electrons. The first-order valence-electron chi connectivity index (χ1n) is 9.25. The molecule has 5 rings (SSSR count). The minimum absolute atomic E-state index is 0.980. The normalized spacial score (nSPS) is 15.8. The lowest BCUT2D eigenvalue weighted by molar-refractivity contribution is 0.247. The summed E-state index contributed by atoms with van der Waals surface area (Å²) in [6.45, 7) is 5.14. The van der Waals surface area contributed by atoms with E-state index in [4.69, 9.17) is 4.98 Å². The Morgan fingerprint density at radius 3 is 2.42 bits per heavy atom. The zero-order chi connectivity index (χ0) is 17.3. The Bertz CT molecular complexity index is 1010. The van der Waals surface area contributed by atoms with Crippen molar-refractivity contribution in [2.45, 2.75) is 6.54 Å². The largest absolute Gasteiger partial charge is 0.357 e. The van der Waals surface area contributed by atoms with E-state index in [1.54, 1.807) is 0 Å². The molecule has 1 fully saturated rings. The van der Waals surface area contributed by atoms with E-state index in [0.29, 0.717) is 0 Å². The summed E-state index contributed by atoms with van der Waals surface area (Å²) in [7, 11) is 0. The van der Waals surface area contributed by atoms with Crippen LogP contribution in [-0.2, 0) is 6.54 Å². The molecule has 0 radical (unpaired) electrons. The van der Waals surface area contributed by atoms with Gasteiger partial charge in [-0.3, -0.25) is 4.90 Å². The van der Waals surface area contributed by atoms with E-state index in [1.807, 2.05) is 0 Å². The second-order valence-electron chi connectivity index (χ2n) is 7.01. The standard InChI is InChI=1S/C22H22N4/c1-3-7-20-17(5-1)9-10-22(24-20)26-13-11-25(12-14-26)16-19-15-18-6-2-4-8-21(18)23-19/h1-10,15,23H,11-14,16H2. The number of benzene rings is 2. The van der Waals surface area contributed by atoms with Crippen molar-refractivity contribution in [3.63, 3.8) is 0 Å². The Morgan fingerprint density at radius 2 is 1.58 bits per heavy atom. The summed E-state index contributed by atoms with van der Waals surface area (Å²) >= 11 is 0. The molecule has 1 aliphatic heterocycles. The SMILES string of the molecule is c1ccc2nc(N3CCN(Cc4cc5ccccc5[nH]4)CC3)ccc2c1. The smallest absolute Gasteiger partial charge is 0.129 e. The number of fused-ring (bicyclic) bond motifs is 2. The third kappa shape index (κ3) is 2.93. The van der Waals surface area contributed by atoms with Gasteiger partial charge in [0.2, 0.25) is 0 Å². The van der Waals surface area contributed by atoms with E-state index in [-0.39, 0.29) is 0 Å². The number of anilines is 1. The van der Waals surface area contributed by atoms with Gasteiger partial charge in [-0.25, -0.2) is 4.98 Å². The number of aromatic nitrogens is 2. The van der Waals surface area contributed by atoms with Crippen molar-refractivity contribution in [2.24, 2.45) is 0 Å². The van der Waals surface area contributed by atoms with Gasteiger partial charge in [0.1, 0.15) is 5.82 Å². The van der Waals surface area contributed by atoms with E-state index in [9.17, 15) is 0 Å². The molecule has 2 aromatic carbocycles. The quantitative estimate of drug-likeness (QED) is 0.610. The Hall–Kier alpha value is -2.85. The maximum atomic E-state index is 4.84. The molecule has 1 aliphatic rings. The molecule has 0 bridgehead atoms. The molecule has 0 atom stereocenters. The Morgan fingerprint density at radius 1 is 0.808 bits per heavy atom. The summed E-state index contributed by atoms with van der Waals surface area (Å²) in [6, 6.07) is 23.4. The maximum absolute atomic E-state index is 4.84. The van der Waals surface area contributed by atoms with E-state index in [2.05, 4.69) is 81.5 Å². The number of piperazine rings is 1. The van der Waals surface area contributed by atoms with Crippen LogP contribution in [0.2, 0.25) is 0 Å². The number of aromatic amines is 1. The first-order valence-corrected chi connectivity index (χ1v) is 9.25. The van der Waals surface area contributed by atoms with Crippen molar-refractivity contribution in [3.05, 3.63) is 72.4 Å². The van der Waals surface area contributed by atoms with Gasteiger partial charge in [0.15, 0.2) is 0 Å². The van der Waals surface area contributed by atoms with Crippen molar-refractivity contribution >= 4 is 27.6 Å². The van der Waals surface area contributed by atoms with Crippen LogP contribution in [0.1, 0.15) is 5.69 Å². The molecule has 3 heterocycles. The molecule has 1 saturated heterocycles. The lowest BCUT2D eigenvalue weighted by Gasteiger charge is -2.35. The molecule has 0 saturated carbocycles.